The summed E-state index contributed by atoms with van der Waals surface area (Å²) >= 11 is 5.82. The Morgan fingerprint density at radius 3 is 2.67 bits per heavy atom. The first kappa shape index (κ1) is 9.19. The molecule has 2 unspecified atom stereocenters. The third kappa shape index (κ3) is 1.34. The zero-order valence-corrected chi connectivity index (χ0v) is 8.87. The van der Waals surface area contributed by atoms with Crippen LogP contribution in [0, 0.1) is 0 Å². The fraction of sp³-hybridized carbons (Fsp3) is 0.364. The van der Waals surface area contributed by atoms with Crippen LogP contribution in [0.4, 0.5) is 5.69 Å². The molecule has 4 heteroatoms. The van der Waals surface area contributed by atoms with Gasteiger partial charge in [0.2, 0.25) is 5.91 Å². The van der Waals surface area contributed by atoms with Gasteiger partial charge in [-0.15, -0.1) is 0 Å². The number of amides is 1. The summed E-state index contributed by atoms with van der Waals surface area (Å²) in [4.78, 5) is 13.8. The molecular weight excluding hydrogens is 212 g/mol. The van der Waals surface area contributed by atoms with E-state index in [4.69, 9.17) is 11.6 Å². The second-order valence-corrected chi connectivity index (χ2v) is 4.47. The van der Waals surface area contributed by atoms with Gasteiger partial charge in [-0.25, -0.2) is 0 Å². The Labute approximate surface area is 93.0 Å². The second kappa shape index (κ2) is 3.22. The van der Waals surface area contributed by atoms with Gasteiger partial charge in [0.1, 0.15) is 0 Å². The van der Waals surface area contributed by atoms with Crippen LogP contribution in [0.25, 0.3) is 0 Å². The van der Waals surface area contributed by atoms with E-state index in [0.29, 0.717) is 11.1 Å². The molecular formula is C11H11ClN2O. The maximum Gasteiger partial charge on any atom is 0.244 e. The number of piperazine rings is 1. The summed E-state index contributed by atoms with van der Waals surface area (Å²) in [5.74, 6) is 0.188. The second-order valence-electron chi connectivity index (χ2n) is 4.04. The number of anilines is 1. The van der Waals surface area contributed by atoms with E-state index < -0.39 is 0 Å². The van der Waals surface area contributed by atoms with Crippen LogP contribution in [-0.4, -0.2) is 24.5 Å². The van der Waals surface area contributed by atoms with E-state index >= 15 is 0 Å². The molecule has 2 heterocycles. The van der Waals surface area contributed by atoms with Gasteiger partial charge in [-0.2, -0.15) is 0 Å². The van der Waals surface area contributed by atoms with E-state index in [1.807, 2.05) is 29.2 Å². The van der Waals surface area contributed by atoms with Crippen LogP contribution < -0.4 is 10.2 Å². The third-order valence-electron chi connectivity index (χ3n) is 3.11. The summed E-state index contributed by atoms with van der Waals surface area (Å²) < 4.78 is 0. The lowest BCUT2D eigenvalue weighted by molar-refractivity contribution is -0.119. The average Bonchev–Trinajstić information content (AvgIpc) is 2.80. The molecule has 3 rings (SSSR count). The van der Waals surface area contributed by atoms with Crippen LogP contribution in [0.1, 0.15) is 6.42 Å². The van der Waals surface area contributed by atoms with Gasteiger partial charge >= 0.3 is 0 Å². The molecule has 2 aliphatic heterocycles. The number of rotatable bonds is 1. The lowest BCUT2D eigenvalue weighted by Gasteiger charge is -2.27. The van der Waals surface area contributed by atoms with Gasteiger partial charge < -0.3 is 10.2 Å². The van der Waals surface area contributed by atoms with E-state index in [-0.39, 0.29) is 11.9 Å². The summed E-state index contributed by atoms with van der Waals surface area (Å²) in [6.07, 6.45) is 0.932. The highest BCUT2D eigenvalue weighted by Crippen LogP contribution is 2.30. The number of halogens is 1. The minimum atomic E-state index is 0.0330. The standard InChI is InChI=1S/C11H11ClN2O/c12-7-1-3-8(4-2-7)14-9-5-10(11(14)15)13-6-9/h1-4,9-10,13H,5-6H2. The van der Waals surface area contributed by atoms with Crippen LogP contribution in [0.2, 0.25) is 5.02 Å². The summed E-state index contributed by atoms with van der Waals surface area (Å²) in [5.41, 5.74) is 0.957. The van der Waals surface area contributed by atoms with Crippen LogP contribution in [0.3, 0.4) is 0 Å². The molecule has 78 valence electrons. The van der Waals surface area contributed by atoms with Crippen molar-refractivity contribution in [2.45, 2.75) is 18.5 Å². The Bertz CT molecular complexity index is 404. The van der Waals surface area contributed by atoms with Gasteiger partial charge in [0.25, 0.3) is 0 Å². The molecule has 1 aromatic rings. The predicted octanol–water partition coefficient (Wildman–Crippen LogP) is 1.42. The van der Waals surface area contributed by atoms with Crippen molar-refractivity contribution in [3.8, 4) is 0 Å². The van der Waals surface area contributed by atoms with Crippen molar-refractivity contribution in [1.29, 1.82) is 0 Å². The number of hydrogen-bond acceptors (Lipinski definition) is 2. The van der Waals surface area contributed by atoms with Crippen LogP contribution >= 0.6 is 11.6 Å². The summed E-state index contributed by atoms with van der Waals surface area (Å²) in [7, 11) is 0. The maximum atomic E-state index is 11.9. The number of fused-ring (bicyclic) bond motifs is 2. The number of nitrogens with one attached hydrogen (secondary N) is 1. The third-order valence-corrected chi connectivity index (χ3v) is 3.37. The maximum absolute atomic E-state index is 11.9. The Kier molecular flexibility index (Phi) is 1.97. The Balaban J connectivity index is 1.94. The molecule has 0 saturated carbocycles. The summed E-state index contributed by atoms with van der Waals surface area (Å²) in [6, 6.07) is 7.81. The van der Waals surface area contributed by atoms with E-state index in [1.165, 1.54) is 0 Å². The Hall–Kier alpha value is -1.06. The van der Waals surface area contributed by atoms with Crippen LogP contribution in [0.5, 0.6) is 0 Å². The number of carbonyl (C=O) groups excluding carboxylic acids is 1. The van der Waals surface area contributed by atoms with Gasteiger partial charge in [-0.3, -0.25) is 4.79 Å². The van der Waals surface area contributed by atoms with Crippen molar-refractivity contribution in [1.82, 2.24) is 5.32 Å². The van der Waals surface area contributed by atoms with Crippen molar-refractivity contribution in [3.05, 3.63) is 29.3 Å². The van der Waals surface area contributed by atoms with Gasteiger partial charge in [-0.1, -0.05) is 11.6 Å². The molecule has 2 atom stereocenters. The molecule has 2 bridgehead atoms. The van der Waals surface area contributed by atoms with Gasteiger partial charge in [0, 0.05) is 17.3 Å². The highest BCUT2D eigenvalue weighted by Gasteiger charge is 2.45. The number of nitrogens with zero attached hydrogens (tertiary/aromatic N) is 1. The van der Waals surface area contributed by atoms with E-state index in [0.717, 1.165) is 18.7 Å². The molecule has 2 saturated heterocycles. The topological polar surface area (TPSA) is 32.3 Å². The highest BCUT2D eigenvalue weighted by molar-refractivity contribution is 6.30. The number of benzene rings is 1. The molecule has 2 fully saturated rings. The summed E-state index contributed by atoms with van der Waals surface area (Å²) in [5, 5.41) is 3.90. The predicted molar refractivity (Wildman–Crippen MR) is 59.1 cm³/mol. The molecule has 2 aliphatic rings. The van der Waals surface area contributed by atoms with Crippen molar-refractivity contribution in [2.75, 3.05) is 11.4 Å². The normalized spacial score (nSPS) is 28.9. The summed E-state index contributed by atoms with van der Waals surface area (Å²) in [6.45, 7) is 0.902. The van der Waals surface area contributed by atoms with Gasteiger partial charge in [0.15, 0.2) is 0 Å². The first-order chi connectivity index (χ1) is 7.25. The fourth-order valence-electron chi connectivity index (χ4n) is 2.39. The van der Waals surface area contributed by atoms with Gasteiger partial charge in [0.05, 0.1) is 12.1 Å². The van der Waals surface area contributed by atoms with Crippen molar-refractivity contribution in [3.63, 3.8) is 0 Å². The number of carbonyl (C=O) groups is 1. The first-order valence-corrected chi connectivity index (χ1v) is 5.45. The average molecular weight is 223 g/mol. The van der Waals surface area contributed by atoms with Crippen molar-refractivity contribution >= 4 is 23.2 Å². The quantitative estimate of drug-likeness (QED) is 0.780. The highest BCUT2D eigenvalue weighted by atomic mass is 35.5. The molecule has 1 N–H and O–H groups in total. The molecule has 1 aromatic carbocycles. The molecule has 0 aromatic heterocycles. The lowest BCUT2D eigenvalue weighted by Crippen LogP contribution is -2.48. The van der Waals surface area contributed by atoms with E-state index in [2.05, 4.69) is 5.32 Å². The molecule has 0 aliphatic carbocycles. The largest absolute Gasteiger partial charge is 0.307 e. The fourth-order valence-corrected chi connectivity index (χ4v) is 2.52. The smallest absolute Gasteiger partial charge is 0.244 e. The zero-order valence-electron chi connectivity index (χ0n) is 8.11. The minimum absolute atomic E-state index is 0.0330. The Morgan fingerprint density at radius 2 is 2.07 bits per heavy atom. The zero-order chi connectivity index (χ0) is 10.4. The van der Waals surface area contributed by atoms with E-state index in [9.17, 15) is 4.79 Å². The molecule has 3 nitrogen and oxygen atoms in total. The monoisotopic (exact) mass is 222 g/mol. The van der Waals surface area contributed by atoms with Crippen molar-refractivity contribution < 1.29 is 4.79 Å². The SMILES string of the molecule is O=C1C2CC(CN2)N1c1ccc(Cl)cc1. The number of hydrogen-bond donors (Lipinski definition) is 1. The minimum Gasteiger partial charge on any atom is -0.307 e. The van der Waals surface area contributed by atoms with Crippen LogP contribution in [-0.2, 0) is 4.79 Å². The van der Waals surface area contributed by atoms with Crippen molar-refractivity contribution in [2.24, 2.45) is 0 Å². The Morgan fingerprint density at radius 1 is 1.33 bits per heavy atom. The van der Waals surface area contributed by atoms with E-state index in [1.54, 1.807) is 0 Å². The first-order valence-electron chi connectivity index (χ1n) is 5.08. The lowest BCUT2D eigenvalue weighted by atomic mass is 10.2. The molecule has 0 radical (unpaired) electrons. The molecule has 15 heavy (non-hydrogen) atoms. The molecule has 1 amide bonds. The van der Waals surface area contributed by atoms with Crippen LogP contribution in [0.15, 0.2) is 24.3 Å². The molecule has 0 spiro atoms. The van der Waals surface area contributed by atoms with Gasteiger partial charge in [-0.05, 0) is 30.7 Å².